The van der Waals surface area contributed by atoms with Crippen LogP contribution >= 0.6 is 23.4 Å². The van der Waals surface area contributed by atoms with Gasteiger partial charge in [-0.25, -0.2) is 0 Å². The van der Waals surface area contributed by atoms with Crippen LogP contribution in [-0.2, 0) is 4.79 Å². The number of halogens is 1. The van der Waals surface area contributed by atoms with Crippen LogP contribution in [0.4, 0.5) is 5.69 Å². The van der Waals surface area contributed by atoms with Crippen molar-refractivity contribution in [2.24, 2.45) is 5.10 Å². The van der Waals surface area contributed by atoms with E-state index in [9.17, 15) is 4.79 Å². The van der Waals surface area contributed by atoms with Crippen molar-refractivity contribution < 1.29 is 4.79 Å². The molecular weight excluding hydrogens is 360 g/mol. The van der Waals surface area contributed by atoms with Crippen LogP contribution in [0.3, 0.4) is 0 Å². The van der Waals surface area contributed by atoms with E-state index in [4.69, 9.17) is 11.6 Å². The largest absolute Gasteiger partial charge is 0.292 e. The number of carbonyl (C=O) groups is 1. The summed E-state index contributed by atoms with van der Waals surface area (Å²) in [6.45, 7) is 1.44. The van der Waals surface area contributed by atoms with Crippen molar-refractivity contribution in [3.8, 4) is 5.69 Å². The van der Waals surface area contributed by atoms with Crippen LogP contribution in [0.5, 0.6) is 0 Å². The third-order valence-electron chi connectivity index (χ3n) is 3.06. The van der Waals surface area contributed by atoms with E-state index in [0.717, 1.165) is 17.4 Å². The highest BCUT2D eigenvalue weighted by atomic mass is 35.5. The number of hydrazone groups is 1. The minimum Gasteiger partial charge on any atom is -0.292 e. The molecule has 9 heteroatoms. The Morgan fingerprint density at radius 1 is 1.16 bits per heavy atom. The second-order valence-electron chi connectivity index (χ2n) is 4.90. The van der Waals surface area contributed by atoms with Gasteiger partial charge in [0.1, 0.15) is 0 Å². The Labute approximate surface area is 153 Å². The lowest BCUT2D eigenvalue weighted by Crippen LogP contribution is -2.10. The first-order chi connectivity index (χ1) is 12.1. The number of anilines is 1. The van der Waals surface area contributed by atoms with Gasteiger partial charge in [0.05, 0.1) is 11.4 Å². The number of ketones is 1. The third kappa shape index (κ3) is 4.43. The number of tetrazole rings is 1. The van der Waals surface area contributed by atoms with Crippen LogP contribution in [-0.4, -0.2) is 31.0 Å². The molecule has 1 N–H and O–H groups in total. The molecule has 0 amide bonds. The number of rotatable bonds is 5. The van der Waals surface area contributed by atoms with Crippen molar-refractivity contribution >= 4 is 39.9 Å². The Hall–Kier alpha value is -2.71. The Morgan fingerprint density at radius 3 is 2.56 bits per heavy atom. The molecule has 126 valence electrons. The molecule has 7 nitrogen and oxygen atoms in total. The summed E-state index contributed by atoms with van der Waals surface area (Å²) in [6.07, 6.45) is 0. The molecule has 0 bridgehead atoms. The standard InChI is InChI=1S/C16H13ClN6OS/c1-11(24)15(19-18-13-9-7-12(17)8-10-13)25-16-20-21-22-23(16)14-5-3-2-4-6-14/h2-10,18H,1H3/b19-15+. The molecule has 0 saturated heterocycles. The number of benzene rings is 2. The van der Waals surface area contributed by atoms with Crippen LogP contribution in [0, 0.1) is 0 Å². The number of hydrogen-bond donors (Lipinski definition) is 1. The molecule has 0 radical (unpaired) electrons. The van der Waals surface area contributed by atoms with Gasteiger partial charge in [0.15, 0.2) is 10.8 Å². The van der Waals surface area contributed by atoms with Gasteiger partial charge in [0.25, 0.3) is 0 Å². The maximum atomic E-state index is 11.9. The number of para-hydroxylation sites is 1. The number of thioether (sulfide) groups is 1. The molecule has 3 aromatic rings. The van der Waals surface area contributed by atoms with Crippen molar-refractivity contribution in [3.05, 3.63) is 59.6 Å². The fourth-order valence-electron chi connectivity index (χ4n) is 1.87. The Balaban J connectivity index is 1.81. The first-order valence-electron chi connectivity index (χ1n) is 7.25. The average molecular weight is 373 g/mol. The van der Waals surface area contributed by atoms with E-state index < -0.39 is 0 Å². The summed E-state index contributed by atoms with van der Waals surface area (Å²) in [6, 6.07) is 16.4. The maximum absolute atomic E-state index is 11.9. The fraction of sp³-hybridized carbons (Fsp3) is 0.0625. The van der Waals surface area contributed by atoms with E-state index in [1.165, 1.54) is 6.92 Å². The SMILES string of the molecule is CC(=O)/C(=N\Nc1ccc(Cl)cc1)Sc1nnnn1-c1ccccc1. The molecule has 1 aromatic heterocycles. The highest BCUT2D eigenvalue weighted by molar-refractivity contribution is 8.15. The van der Waals surface area contributed by atoms with Crippen molar-refractivity contribution in [2.45, 2.75) is 12.1 Å². The Kier molecular flexibility index (Phi) is 5.42. The van der Waals surface area contributed by atoms with Gasteiger partial charge < -0.3 is 0 Å². The number of nitrogens with one attached hydrogen (secondary N) is 1. The van der Waals surface area contributed by atoms with Gasteiger partial charge in [-0.05, 0) is 58.6 Å². The summed E-state index contributed by atoms with van der Waals surface area (Å²) in [5, 5.41) is 17.1. The van der Waals surface area contributed by atoms with E-state index in [-0.39, 0.29) is 10.8 Å². The predicted molar refractivity (Wildman–Crippen MR) is 98.2 cm³/mol. The lowest BCUT2D eigenvalue weighted by Gasteiger charge is -2.05. The van der Waals surface area contributed by atoms with Crippen LogP contribution in [0.2, 0.25) is 5.02 Å². The van der Waals surface area contributed by atoms with Crippen LogP contribution in [0.1, 0.15) is 6.92 Å². The van der Waals surface area contributed by atoms with Crippen LogP contribution in [0.25, 0.3) is 5.69 Å². The summed E-state index contributed by atoms with van der Waals surface area (Å²) >= 11 is 6.93. The molecule has 0 spiro atoms. The first-order valence-corrected chi connectivity index (χ1v) is 8.45. The molecule has 0 fully saturated rings. The lowest BCUT2D eigenvalue weighted by atomic mass is 10.3. The number of hydrogen-bond acceptors (Lipinski definition) is 7. The van der Waals surface area contributed by atoms with Gasteiger partial charge in [-0.1, -0.05) is 29.8 Å². The Morgan fingerprint density at radius 2 is 1.88 bits per heavy atom. The van der Waals surface area contributed by atoms with Gasteiger partial charge in [0, 0.05) is 11.9 Å². The molecular formula is C16H13ClN6OS. The number of nitrogens with zero attached hydrogens (tertiary/aromatic N) is 5. The number of aromatic nitrogens is 4. The van der Waals surface area contributed by atoms with Gasteiger partial charge in [-0.3, -0.25) is 10.2 Å². The topological polar surface area (TPSA) is 85.1 Å². The summed E-state index contributed by atoms with van der Waals surface area (Å²) in [4.78, 5) is 11.9. The zero-order valence-corrected chi connectivity index (χ0v) is 14.7. The summed E-state index contributed by atoms with van der Waals surface area (Å²) in [5.74, 6) is -0.200. The fourth-order valence-corrected chi connectivity index (χ4v) is 2.71. The molecule has 0 aliphatic carbocycles. The van der Waals surface area contributed by atoms with E-state index in [1.807, 2.05) is 30.3 Å². The van der Waals surface area contributed by atoms with E-state index in [0.29, 0.717) is 15.9 Å². The average Bonchev–Trinajstić information content (AvgIpc) is 3.08. The summed E-state index contributed by atoms with van der Waals surface area (Å²) in [5.41, 5.74) is 4.34. The lowest BCUT2D eigenvalue weighted by molar-refractivity contribution is -0.110. The van der Waals surface area contributed by atoms with Gasteiger partial charge in [-0.15, -0.1) is 5.10 Å². The van der Waals surface area contributed by atoms with Crippen molar-refractivity contribution in [1.82, 2.24) is 20.2 Å². The van der Waals surface area contributed by atoms with Crippen LogP contribution in [0.15, 0.2) is 64.9 Å². The molecule has 0 saturated carbocycles. The zero-order valence-electron chi connectivity index (χ0n) is 13.1. The maximum Gasteiger partial charge on any atom is 0.220 e. The first kappa shape index (κ1) is 17.1. The van der Waals surface area contributed by atoms with E-state index >= 15 is 0 Å². The van der Waals surface area contributed by atoms with Crippen molar-refractivity contribution in [1.29, 1.82) is 0 Å². The van der Waals surface area contributed by atoms with Gasteiger partial charge >= 0.3 is 0 Å². The number of Topliss-reactive ketones (excluding diaryl/α,β-unsaturated/α-hetero) is 1. The van der Waals surface area contributed by atoms with Gasteiger partial charge in [-0.2, -0.15) is 9.78 Å². The molecule has 2 aromatic carbocycles. The van der Waals surface area contributed by atoms with Crippen molar-refractivity contribution in [3.63, 3.8) is 0 Å². The van der Waals surface area contributed by atoms with Gasteiger partial charge in [0.2, 0.25) is 5.16 Å². The molecule has 25 heavy (non-hydrogen) atoms. The van der Waals surface area contributed by atoms with E-state index in [2.05, 4.69) is 26.1 Å². The second kappa shape index (κ2) is 7.91. The minimum absolute atomic E-state index is 0.200. The molecule has 3 rings (SSSR count). The normalized spacial score (nSPS) is 11.4. The molecule has 1 heterocycles. The smallest absolute Gasteiger partial charge is 0.220 e. The minimum atomic E-state index is -0.200. The highest BCUT2D eigenvalue weighted by Gasteiger charge is 2.16. The zero-order chi connectivity index (χ0) is 17.6. The predicted octanol–water partition coefficient (Wildman–Crippen LogP) is 3.42. The number of carbonyl (C=O) groups excluding carboxylic acids is 1. The summed E-state index contributed by atoms with van der Waals surface area (Å²) < 4.78 is 1.55. The molecule has 0 aliphatic rings. The molecule has 0 aliphatic heterocycles. The third-order valence-corrected chi connectivity index (χ3v) is 4.32. The molecule has 0 unspecified atom stereocenters. The van der Waals surface area contributed by atoms with E-state index in [1.54, 1.807) is 28.9 Å². The van der Waals surface area contributed by atoms with Crippen molar-refractivity contribution in [2.75, 3.05) is 5.43 Å². The Bertz CT molecular complexity index is 895. The quantitative estimate of drug-likeness (QED) is 0.319. The van der Waals surface area contributed by atoms with Crippen LogP contribution < -0.4 is 5.43 Å². The molecule has 0 atom stereocenters. The monoisotopic (exact) mass is 372 g/mol. The second-order valence-corrected chi connectivity index (χ2v) is 6.30. The highest BCUT2D eigenvalue weighted by Crippen LogP contribution is 2.21. The summed E-state index contributed by atoms with van der Waals surface area (Å²) in [7, 11) is 0.